The van der Waals surface area contributed by atoms with Crippen LogP contribution in [0, 0.1) is 0 Å². The molecule has 0 radical (unpaired) electrons. The van der Waals surface area contributed by atoms with Gasteiger partial charge in [0.25, 0.3) is 0 Å². The third-order valence-corrected chi connectivity index (χ3v) is 3.37. The Morgan fingerprint density at radius 2 is 1.53 bits per heavy atom. The summed E-state index contributed by atoms with van der Waals surface area (Å²) in [4.78, 5) is 8.78. The molecule has 0 aliphatic carbocycles. The fraction of sp³-hybridized carbons (Fsp3) is 0.800. The van der Waals surface area contributed by atoms with Crippen LogP contribution in [0.3, 0.4) is 0 Å². The van der Waals surface area contributed by atoms with Gasteiger partial charge in [-0.3, -0.25) is 0 Å². The Kier molecular flexibility index (Phi) is 3.57. The van der Waals surface area contributed by atoms with Crippen LogP contribution in [-0.2, 0) is 9.47 Å². The predicted octanol–water partition coefficient (Wildman–Crippen LogP) is 1.30. The highest BCUT2D eigenvalue weighted by Crippen LogP contribution is 2.17. The number of ether oxygens (including phenoxy) is 2. The minimum atomic E-state index is 0.338. The number of nitrogens with zero attached hydrogens (tertiary/aromatic N) is 2. The minimum absolute atomic E-state index is 0.338. The summed E-state index contributed by atoms with van der Waals surface area (Å²) < 4.78 is 10.9. The molecule has 84 valence electrons. The van der Waals surface area contributed by atoms with Crippen molar-refractivity contribution in [3.63, 3.8) is 0 Å². The first kappa shape index (κ1) is 10.9. The summed E-state index contributed by atoms with van der Waals surface area (Å²) in [5, 5.41) is 0. The molecule has 0 spiro atoms. The number of rotatable bonds is 4. The topological polar surface area (TPSA) is 43.2 Å². The van der Waals surface area contributed by atoms with Gasteiger partial charge < -0.3 is 9.47 Å². The van der Waals surface area contributed by atoms with Gasteiger partial charge in [-0.2, -0.15) is 0 Å². The van der Waals surface area contributed by atoms with Crippen molar-refractivity contribution in [3.8, 4) is 0 Å². The van der Waals surface area contributed by atoms with Gasteiger partial charge in [-0.25, -0.2) is 9.98 Å². The van der Waals surface area contributed by atoms with E-state index < -0.39 is 0 Å². The van der Waals surface area contributed by atoms with Crippen molar-refractivity contribution in [2.24, 2.45) is 9.98 Å². The molecule has 0 aromatic carbocycles. The normalized spacial score (nSPS) is 30.3. The van der Waals surface area contributed by atoms with Crippen LogP contribution in [0.5, 0.6) is 0 Å². The number of hydrogen-bond donors (Lipinski definition) is 0. The van der Waals surface area contributed by atoms with Crippen LogP contribution < -0.4 is 0 Å². The summed E-state index contributed by atoms with van der Waals surface area (Å²) in [5.41, 5.74) is 0. The molecule has 0 fully saturated rings. The monoisotopic (exact) mass is 228 g/mol. The van der Waals surface area contributed by atoms with Gasteiger partial charge in [0, 0.05) is 12.3 Å². The molecule has 5 heteroatoms. The molecule has 3 atom stereocenters. The fourth-order valence-corrected chi connectivity index (χ4v) is 2.48. The smallest absolute Gasteiger partial charge is 0.187 e. The van der Waals surface area contributed by atoms with Gasteiger partial charge in [0.1, 0.15) is 13.2 Å². The van der Waals surface area contributed by atoms with Crippen LogP contribution in [0.15, 0.2) is 9.98 Å². The first-order valence-corrected chi connectivity index (χ1v) is 6.75. The highest BCUT2D eigenvalue weighted by Gasteiger charge is 2.16. The highest BCUT2D eigenvalue weighted by molar-refractivity contribution is 7.40. The van der Waals surface area contributed by atoms with Gasteiger partial charge in [0.15, 0.2) is 11.8 Å². The molecule has 2 rings (SSSR count). The second-order valence-corrected chi connectivity index (χ2v) is 5.18. The molecule has 2 heterocycles. The van der Waals surface area contributed by atoms with E-state index in [1.54, 1.807) is 0 Å². The second-order valence-electron chi connectivity index (χ2n) is 3.97. The average molecular weight is 228 g/mol. The number of aliphatic imine (C=N–C) groups is 2. The lowest BCUT2D eigenvalue weighted by Crippen LogP contribution is -2.06. The molecule has 0 bridgehead atoms. The molecule has 0 aromatic heterocycles. The summed E-state index contributed by atoms with van der Waals surface area (Å²) in [6.45, 7) is 5.63. The van der Waals surface area contributed by atoms with E-state index in [-0.39, 0.29) is 0 Å². The third kappa shape index (κ3) is 3.16. The summed E-state index contributed by atoms with van der Waals surface area (Å²) in [7, 11) is 0.768. The maximum atomic E-state index is 5.43. The van der Waals surface area contributed by atoms with E-state index in [1.807, 2.05) is 0 Å². The van der Waals surface area contributed by atoms with E-state index >= 15 is 0 Å². The molecule has 0 saturated carbocycles. The molecular formula is C10H17N2O2P. The van der Waals surface area contributed by atoms with Crippen molar-refractivity contribution in [1.82, 2.24) is 0 Å². The summed E-state index contributed by atoms with van der Waals surface area (Å²) >= 11 is 0. The van der Waals surface area contributed by atoms with Crippen molar-refractivity contribution in [1.29, 1.82) is 0 Å². The van der Waals surface area contributed by atoms with Crippen molar-refractivity contribution in [2.75, 3.05) is 25.5 Å². The SMILES string of the molecule is C[C@@H]1COC(CPCC2=N[C@@H](C)CO2)=N1. The van der Waals surface area contributed by atoms with Crippen LogP contribution in [0.1, 0.15) is 13.8 Å². The Balaban J connectivity index is 1.67. The molecule has 2 aliphatic rings. The van der Waals surface area contributed by atoms with Crippen molar-refractivity contribution in [2.45, 2.75) is 25.9 Å². The van der Waals surface area contributed by atoms with E-state index in [4.69, 9.17) is 9.47 Å². The average Bonchev–Trinajstić information content (AvgIpc) is 2.76. The molecule has 0 amide bonds. The molecule has 4 nitrogen and oxygen atoms in total. The Morgan fingerprint density at radius 3 is 1.87 bits per heavy atom. The third-order valence-electron chi connectivity index (χ3n) is 2.26. The van der Waals surface area contributed by atoms with Crippen molar-refractivity contribution < 1.29 is 9.47 Å². The van der Waals surface area contributed by atoms with Gasteiger partial charge in [0.2, 0.25) is 0 Å². The zero-order valence-electron chi connectivity index (χ0n) is 9.19. The van der Waals surface area contributed by atoms with Gasteiger partial charge in [0.05, 0.1) is 12.1 Å². The lowest BCUT2D eigenvalue weighted by atomic mass is 10.4. The molecule has 0 saturated heterocycles. The molecule has 0 N–H and O–H groups in total. The minimum Gasteiger partial charge on any atom is -0.478 e. The molecular weight excluding hydrogens is 211 g/mol. The standard InChI is InChI=1S/C10H17N2O2P/c1-7-3-13-9(11-7)5-15-6-10-12-8(2)4-14-10/h7-8,15H,3-6H2,1-2H3/t7-,8+. The van der Waals surface area contributed by atoms with E-state index in [0.717, 1.165) is 45.9 Å². The second kappa shape index (κ2) is 4.93. The van der Waals surface area contributed by atoms with E-state index in [1.165, 1.54) is 0 Å². The predicted molar refractivity (Wildman–Crippen MR) is 63.7 cm³/mol. The summed E-state index contributed by atoms with van der Waals surface area (Å²) in [6, 6.07) is 0.676. The summed E-state index contributed by atoms with van der Waals surface area (Å²) in [5.74, 6) is 1.82. The van der Waals surface area contributed by atoms with Gasteiger partial charge >= 0.3 is 0 Å². The van der Waals surface area contributed by atoms with E-state index in [9.17, 15) is 0 Å². The number of hydrogen-bond acceptors (Lipinski definition) is 4. The van der Waals surface area contributed by atoms with Crippen LogP contribution in [-0.4, -0.2) is 49.4 Å². The van der Waals surface area contributed by atoms with Crippen LogP contribution in [0.25, 0.3) is 0 Å². The Hall–Kier alpha value is -0.630. The van der Waals surface area contributed by atoms with Crippen molar-refractivity contribution in [3.05, 3.63) is 0 Å². The molecule has 0 aromatic rings. The molecule has 2 aliphatic heterocycles. The first-order valence-electron chi connectivity index (χ1n) is 5.33. The van der Waals surface area contributed by atoms with E-state index in [0.29, 0.717) is 12.1 Å². The van der Waals surface area contributed by atoms with Gasteiger partial charge in [-0.15, -0.1) is 8.58 Å². The maximum Gasteiger partial charge on any atom is 0.187 e. The van der Waals surface area contributed by atoms with Gasteiger partial charge in [-0.1, -0.05) is 0 Å². The van der Waals surface area contributed by atoms with Crippen molar-refractivity contribution >= 4 is 20.4 Å². The van der Waals surface area contributed by atoms with Crippen LogP contribution >= 0.6 is 8.58 Å². The first-order chi connectivity index (χ1) is 7.24. The maximum absolute atomic E-state index is 5.43. The molecule has 15 heavy (non-hydrogen) atoms. The zero-order valence-corrected chi connectivity index (χ0v) is 10.2. The Bertz CT molecular complexity index is 263. The Labute approximate surface area is 91.9 Å². The van der Waals surface area contributed by atoms with Gasteiger partial charge in [-0.05, 0) is 13.8 Å². The lowest BCUT2D eigenvalue weighted by molar-refractivity contribution is 0.321. The lowest BCUT2D eigenvalue weighted by Gasteiger charge is -2.02. The summed E-state index contributed by atoms with van der Waals surface area (Å²) in [6.07, 6.45) is 1.86. The largest absolute Gasteiger partial charge is 0.478 e. The van der Waals surface area contributed by atoms with Crippen LogP contribution in [0.2, 0.25) is 0 Å². The highest BCUT2D eigenvalue weighted by atomic mass is 31.1. The molecule has 1 unspecified atom stereocenters. The van der Waals surface area contributed by atoms with E-state index in [2.05, 4.69) is 23.8 Å². The fourth-order valence-electron chi connectivity index (χ4n) is 1.54. The van der Waals surface area contributed by atoms with Crippen LogP contribution in [0.4, 0.5) is 0 Å². The Morgan fingerprint density at radius 1 is 1.07 bits per heavy atom. The zero-order chi connectivity index (χ0) is 10.7. The quantitative estimate of drug-likeness (QED) is 0.681.